The number of benzene rings is 3. The van der Waals surface area contributed by atoms with Crippen LogP contribution in [-0.4, -0.2) is 27.9 Å². The third-order valence-electron chi connectivity index (χ3n) is 4.75. The number of nitrogens with one attached hydrogen (secondary N) is 2. The van der Waals surface area contributed by atoms with Gasteiger partial charge in [0.25, 0.3) is 5.91 Å². The van der Waals surface area contributed by atoms with Gasteiger partial charge in [0.15, 0.2) is 0 Å². The predicted octanol–water partition coefficient (Wildman–Crippen LogP) is 3.89. The van der Waals surface area contributed by atoms with Gasteiger partial charge in [-0.2, -0.15) is 0 Å². The van der Waals surface area contributed by atoms with Gasteiger partial charge in [0, 0.05) is 29.9 Å². The van der Waals surface area contributed by atoms with E-state index >= 15 is 0 Å². The fourth-order valence-electron chi connectivity index (χ4n) is 3.26. The van der Waals surface area contributed by atoms with Gasteiger partial charge < -0.3 is 15.2 Å². The maximum atomic E-state index is 13.2. The van der Waals surface area contributed by atoms with Gasteiger partial charge in [-0.05, 0) is 48.5 Å². The van der Waals surface area contributed by atoms with Crippen LogP contribution in [0.3, 0.4) is 0 Å². The summed E-state index contributed by atoms with van der Waals surface area (Å²) in [5.74, 6) is -2.15. The Morgan fingerprint density at radius 2 is 1.65 bits per heavy atom. The molecule has 4 rings (SSSR count). The van der Waals surface area contributed by atoms with Gasteiger partial charge in [0.2, 0.25) is 5.91 Å². The van der Waals surface area contributed by atoms with Crippen molar-refractivity contribution in [2.24, 2.45) is 7.05 Å². The number of halogens is 2. The van der Waals surface area contributed by atoms with Gasteiger partial charge in [-0.1, -0.05) is 12.1 Å². The molecule has 2 amide bonds. The number of amides is 2. The van der Waals surface area contributed by atoms with Crippen LogP contribution < -0.4 is 10.6 Å². The Morgan fingerprint density at radius 3 is 2.32 bits per heavy atom. The summed E-state index contributed by atoms with van der Waals surface area (Å²) >= 11 is 0. The molecule has 156 valence electrons. The van der Waals surface area contributed by atoms with Crippen molar-refractivity contribution in [2.45, 2.75) is 0 Å². The van der Waals surface area contributed by atoms with Gasteiger partial charge in [0.05, 0.1) is 17.6 Å². The molecule has 0 saturated carbocycles. The molecule has 0 atom stereocenters. The first-order valence-corrected chi connectivity index (χ1v) is 9.47. The highest BCUT2D eigenvalue weighted by atomic mass is 19.1. The first kappa shape index (κ1) is 20.2. The average molecular weight is 420 g/mol. The summed E-state index contributed by atoms with van der Waals surface area (Å²) in [6.45, 7) is -0.344. The Hall–Kier alpha value is -4.07. The smallest absolute Gasteiger partial charge is 0.251 e. The van der Waals surface area contributed by atoms with Gasteiger partial charge >= 0.3 is 0 Å². The molecular formula is C23H18F2N4O2. The zero-order valence-electron chi connectivity index (χ0n) is 16.5. The third-order valence-corrected chi connectivity index (χ3v) is 4.75. The maximum absolute atomic E-state index is 13.2. The minimum absolute atomic E-state index is 0.197. The Bertz CT molecular complexity index is 1260. The second-order valence-electron chi connectivity index (χ2n) is 6.95. The Kier molecular flexibility index (Phi) is 5.44. The molecule has 1 heterocycles. The van der Waals surface area contributed by atoms with Crippen molar-refractivity contribution >= 4 is 28.5 Å². The van der Waals surface area contributed by atoms with Crippen LogP contribution in [-0.2, 0) is 11.8 Å². The molecule has 2 N–H and O–H groups in total. The monoisotopic (exact) mass is 420 g/mol. The number of hydrogen-bond donors (Lipinski definition) is 2. The number of carbonyl (C=O) groups excluding carboxylic acids is 2. The summed E-state index contributed by atoms with van der Waals surface area (Å²) in [6, 6.07) is 17.4. The van der Waals surface area contributed by atoms with Crippen LogP contribution in [0.1, 0.15) is 10.4 Å². The van der Waals surface area contributed by atoms with Crippen LogP contribution in [0, 0.1) is 11.6 Å². The number of hydrogen-bond acceptors (Lipinski definition) is 3. The number of para-hydroxylation sites is 2. The van der Waals surface area contributed by atoms with E-state index in [1.165, 1.54) is 0 Å². The van der Waals surface area contributed by atoms with Crippen LogP contribution in [0.5, 0.6) is 0 Å². The first-order chi connectivity index (χ1) is 14.9. The molecule has 6 nitrogen and oxygen atoms in total. The van der Waals surface area contributed by atoms with Gasteiger partial charge in [0.1, 0.15) is 17.5 Å². The highest BCUT2D eigenvalue weighted by Gasteiger charge is 2.12. The molecule has 0 fully saturated rings. The van der Waals surface area contributed by atoms with Crippen molar-refractivity contribution in [1.29, 1.82) is 0 Å². The number of carbonyl (C=O) groups is 2. The summed E-state index contributed by atoms with van der Waals surface area (Å²) in [5.41, 5.74) is 3.14. The number of fused-ring (bicyclic) bond motifs is 1. The summed E-state index contributed by atoms with van der Waals surface area (Å²) in [5, 5.41) is 5.00. The third kappa shape index (κ3) is 4.42. The minimum Gasteiger partial charge on any atom is -0.343 e. The van der Waals surface area contributed by atoms with Crippen LogP contribution in [0.15, 0.2) is 66.7 Å². The molecule has 3 aromatic carbocycles. The van der Waals surface area contributed by atoms with Crippen molar-refractivity contribution in [2.75, 3.05) is 11.9 Å². The molecule has 8 heteroatoms. The second-order valence-corrected chi connectivity index (χ2v) is 6.95. The van der Waals surface area contributed by atoms with Crippen LogP contribution in [0.25, 0.3) is 22.4 Å². The quantitative estimate of drug-likeness (QED) is 0.514. The van der Waals surface area contributed by atoms with E-state index in [1.54, 1.807) is 12.1 Å². The predicted molar refractivity (Wildman–Crippen MR) is 113 cm³/mol. The normalized spacial score (nSPS) is 10.8. The Labute approximate surface area is 176 Å². The SMILES string of the molecule is Cn1c(-c2ccc(NC(=O)CNC(=O)c3cc(F)cc(F)c3)cc2)nc2ccccc21. The lowest BCUT2D eigenvalue weighted by atomic mass is 10.2. The standard InChI is InChI=1S/C23H18F2N4O2/c1-29-20-5-3-2-4-19(20)28-22(29)14-6-8-18(9-7-14)27-21(30)13-26-23(31)15-10-16(24)12-17(25)11-15/h2-12H,13H2,1H3,(H,26,31)(H,27,30). The maximum Gasteiger partial charge on any atom is 0.251 e. The molecule has 0 spiro atoms. The largest absolute Gasteiger partial charge is 0.343 e. The minimum atomic E-state index is -0.865. The highest BCUT2D eigenvalue weighted by Crippen LogP contribution is 2.24. The Morgan fingerprint density at radius 1 is 0.968 bits per heavy atom. The lowest BCUT2D eigenvalue weighted by molar-refractivity contribution is -0.115. The average Bonchev–Trinajstić information content (AvgIpc) is 3.09. The Balaban J connectivity index is 1.39. The first-order valence-electron chi connectivity index (χ1n) is 9.47. The van der Waals surface area contributed by atoms with Gasteiger partial charge in [-0.3, -0.25) is 9.59 Å². The molecule has 0 saturated heterocycles. The number of aromatic nitrogens is 2. The summed E-state index contributed by atoms with van der Waals surface area (Å²) < 4.78 is 28.4. The molecular weight excluding hydrogens is 402 g/mol. The number of anilines is 1. The van der Waals surface area contributed by atoms with Crippen LogP contribution in [0.2, 0.25) is 0 Å². The van der Waals surface area contributed by atoms with Crippen molar-refractivity contribution in [3.63, 3.8) is 0 Å². The molecule has 0 aliphatic heterocycles. The van der Waals surface area contributed by atoms with E-state index in [2.05, 4.69) is 15.6 Å². The van der Waals surface area contributed by atoms with E-state index in [9.17, 15) is 18.4 Å². The zero-order valence-corrected chi connectivity index (χ0v) is 16.5. The van der Waals surface area contributed by atoms with Crippen LogP contribution in [0.4, 0.5) is 14.5 Å². The molecule has 1 aromatic heterocycles. The van der Waals surface area contributed by atoms with Crippen molar-refractivity contribution in [3.05, 3.63) is 83.9 Å². The van der Waals surface area contributed by atoms with Gasteiger partial charge in [-0.15, -0.1) is 0 Å². The molecule has 0 unspecified atom stereocenters. The van der Waals surface area contributed by atoms with Crippen molar-refractivity contribution in [1.82, 2.24) is 14.9 Å². The lowest BCUT2D eigenvalue weighted by Crippen LogP contribution is -2.32. The number of nitrogens with zero attached hydrogens (tertiary/aromatic N) is 2. The molecule has 0 aliphatic carbocycles. The molecule has 0 bridgehead atoms. The van der Waals surface area contributed by atoms with E-state index in [4.69, 9.17) is 0 Å². The topological polar surface area (TPSA) is 76.0 Å². The van der Waals surface area contributed by atoms with E-state index in [0.29, 0.717) is 11.8 Å². The number of rotatable bonds is 5. The van der Waals surface area contributed by atoms with Crippen molar-refractivity contribution < 1.29 is 18.4 Å². The highest BCUT2D eigenvalue weighted by molar-refractivity contribution is 5.99. The molecule has 0 aliphatic rings. The second kappa shape index (κ2) is 8.35. The number of imidazole rings is 1. The van der Waals surface area contributed by atoms with E-state index in [-0.39, 0.29) is 12.1 Å². The fraction of sp³-hybridized carbons (Fsp3) is 0.0870. The van der Waals surface area contributed by atoms with E-state index in [0.717, 1.165) is 34.6 Å². The summed E-state index contributed by atoms with van der Waals surface area (Å²) in [6.07, 6.45) is 0. The van der Waals surface area contributed by atoms with Gasteiger partial charge in [-0.25, -0.2) is 13.8 Å². The fourth-order valence-corrected chi connectivity index (χ4v) is 3.26. The lowest BCUT2D eigenvalue weighted by Gasteiger charge is -2.08. The molecule has 31 heavy (non-hydrogen) atoms. The van der Waals surface area contributed by atoms with E-state index < -0.39 is 23.4 Å². The number of aryl methyl sites for hydroxylation is 1. The molecule has 4 aromatic rings. The van der Waals surface area contributed by atoms with Crippen molar-refractivity contribution in [3.8, 4) is 11.4 Å². The molecule has 0 radical (unpaired) electrons. The van der Waals surface area contributed by atoms with Crippen LogP contribution >= 0.6 is 0 Å². The summed E-state index contributed by atoms with van der Waals surface area (Å²) in [7, 11) is 1.94. The zero-order chi connectivity index (χ0) is 22.0. The summed E-state index contributed by atoms with van der Waals surface area (Å²) in [4.78, 5) is 28.7. The van der Waals surface area contributed by atoms with E-state index in [1.807, 2.05) is 48.0 Å².